The third kappa shape index (κ3) is 4.07. The topological polar surface area (TPSA) is 79.4 Å². The van der Waals surface area contributed by atoms with Gasteiger partial charge in [-0.25, -0.2) is 0 Å². The van der Waals surface area contributed by atoms with Crippen LogP contribution in [0.15, 0.2) is 30.5 Å². The molecule has 0 radical (unpaired) electrons. The predicted molar refractivity (Wildman–Crippen MR) is 116 cm³/mol. The summed E-state index contributed by atoms with van der Waals surface area (Å²) in [5.74, 6) is 0.610. The Labute approximate surface area is 177 Å². The molecular weight excluding hydrogens is 378 g/mol. The largest absolute Gasteiger partial charge is 0.504 e. The van der Waals surface area contributed by atoms with Gasteiger partial charge in [-0.15, -0.1) is 0 Å². The van der Waals surface area contributed by atoms with E-state index in [1.165, 1.54) is 5.56 Å². The smallest absolute Gasteiger partial charge is 0.164 e. The van der Waals surface area contributed by atoms with Crippen LogP contribution in [0.2, 0.25) is 0 Å². The number of aromatic nitrogens is 1. The van der Waals surface area contributed by atoms with Gasteiger partial charge in [-0.2, -0.15) is 0 Å². The molecule has 1 aromatic carbocycles. The van der Waals surface area contributed by atoms with Crippen molar-refractivity contribution in [2.75, 3.05) is 6.61 Å². The number of hydrogen-bond donors (Lipinski definition) is 2. The monoisotopic (exact) mass is 407 g/mol. The zero-order chi connectivity index (χ0) is 21.1. The van der Waals surface area contributed by atoms with Crippen molar-refractivity contribution < 1.29 is 19.4 Å². The molecule has 2 heterocycles. The minimum atomic E-state index is -0.230. The Morgan fingerprint density at radius 1 is 1.27 bits per heavy atom. The fourth-order valence-corrected chi connectivity index (χ4v) is 4.79. The summed E-state index contributed by atoms with van der Waals surface area (Å²) in [5.41, 5.74) is 4.28. The summed E-state index contributed by atoms with van der Waals surface area (Å²) in [6.45, 7) is 2.73. The minimum absolute atomic E-state index is 0.0117. The standard InChI is InChI=1S/C25H29NO4/c1-2-4-19-20-12-13-26-22(20)10-9-21(19)24(29)15-17(27)8-6-16-7-11-23(28)25-18(16)5-3-14-30-25/h7,9-13,19,21,26,28H,2-6,8,14-15H2,1H3/t19-,21-/m1/s1. The van der Waals surface area contributed by atoms with Gasteiger partial charge in [0.1, 0.15) is 11.6 Å². The second-order valence-electron chi connectivity index (χ2n) is 8.31. The van der Waals surface area contributed by atoms with Crippen molar-refractivity contribution in [2.45, 2.75) is 57.8 Å². The molecule has 0 unspecified atom stereocenters. The van der Waals surface area contributed by atoms with Crippen molar-refractivity contribution in [3.05, 3.63) is 52.9 Å². The normalized spacial score (nSPS) is 19.6. The molecule has 1 aromatic heterocycles. The summed E-state index contributed by atoms with van der Waals surface area (Å²) in [6.07, 6.45) is 10.4. The number of aromatic amines is 1. The molecule has 0 amide bonds. The van der Waals surface area contributed by atoms with Crippen molar-refractivity contribution >= 4 is 17.6 Å². The van der Waals surface area contributed by atoms with E-state index >= 15 is 0 Å². The van der Waals surface area contributed by atoms with Gasteiger partial charge in [0.15, 0.2) is 11.5 Å². The number of allylic oxidation sites excluding steroid dienone is 1. The lowest BCUT2D eigenvalue weighted by atomic mass is 9.76. The van der Waals surface area contributed by atoms with Gasteiger partial charge in [-0.1, -0.05) is 25.5 Å². The van der Waals surface area contributed by atoms with Crippen LogP contribution >= 0.6 is 0 Å². The Bertz CT molecular complexity index is 972. The number of Topliss-reactive ketones (excluding diaryl/α,β-unsaturated/α-hetero) is 2. The Balaban J connectivity index is 1.39. The van der Waals surface area contributed by atoms with E-state index in [1.807, 2.05) is 24.4 Å². The number of aryl methyl sites for hydroxylation is 1. The van der Waals surface area contributed by atoms with E-state index < -0.39 is 0 Å². The molecule has 0 spiro atoms. The number of phenols is 1. The molecule has 1 aliphatic heterocycles. The maximum absolute atomic E-state index is 13.0. The van der Waals surface area contributed by atoms with Gasteiger partial charge >= 0.3 is 0 Å². The average Bonchev–Trinajstić information content (AvgIpc) is 3.23. The highest BCUT2D eigenvalue weighted by Crippen LogP contribution is 2.39. The lowest BCUT2D eigenvalue weighted by molar-refractivity contribution is -0.128. The van der Waals surface area contributed by atoms with Gasteiger partial charge in [0.05, 0.1) is 13.0 Å². The van der Waals surface area contributed by atoms with Crippen molar-refractivity contribution in [2.24, 2.45) is 5.92 Å². The third-order valence-corrected chi connectivity index (χ3v) is 6.29. The molecular formula is C25H29NO4. The number of nitrogens with one attached hydrogen (secondary N) is 1. The van der Waals surface area contributed by atoms with Crippen LogP contribution in [0.4, 0.5) is 0 Å². The van der Waals surface area contributed by atoms with Crippen molar-refractivity contribution in [1.82, 2.24) is 4.98 Å². The number of benzene rings is 1. The second-order valence-corrected chi connectivity index (χ2v) is 8.31. The van der Waals surface area contributed by atoms with Gasteiger partial charge in [0.2, 0.25) is 0 Å². The first-order valence-electron chi connectivity index (χ1n) is 10.9. The first-order valence-corrected chi connectivity index (χ1v) is 10.9. The number of carbonyl (C=O) groups excluding carboxylic acids is 2. The number of aromatic hydroxyl groups is 1. The first kappa shape index (κ1) is 20.5. The van der Waals surface area contributed by atoms with E-state index in [1.54, 1.807) is 6.07 Å². The van der Waals surface area contributed by atoms with E-state index in [0.717, 1.165) is 42.5 Å². The number of phenolic OH excluding ortho intramolecular Hbond substituents is 1. The molecule has 4 rings (SSSR count). The highest BCUT2D eigenvalue weighted by atomic mass is 16.5. The number of H-pyrrole nitrogens is 1. The van der Waals surface area contributed by atoms with Crippen molar-refractivity contribution in [3.63, 3.8) is 0 Å². The first-order chi connectivity index (χ1) is 14.6. The lowest BCUT2D eigenvalue weighted by Gasteiger charge is -2.27. The molecule has 5 heteroatoms. The summed E-state index contributed by atoms with van der Waals surface area (Å²) in [7, 11) is 0. The van der Waals surface area contributed by atoms with Gasteiger partial charge in [-0.3, -0.25) is 9.59 Å². The van der Waals surface area contributed by atoms with Crippen LogP contribution in [-0.4, -0.2) is 28.3 Å². The fourth-order valence-electron chi connectivity index (χ4n) is 4.79. The fraction of sp³-hybridized carbons (Fsp3) is 0.440. The van der Waals surface area contributed by atoms with Crippen LogP contribution in [0, 0.1) is 5.92 Å². The van der Waals surface area contributed by atoms with Crippen molar-refractivity contribution in [3.8, 4) is 11.5 Å². The molecule has 158 valence electrons. The van der Waals surface area contributed by atoms with E-state index in [2.05, 4.69) is 18.0 Å². The zero-order valence-corrected chi connectivity index (χ0v) is 17.4. The second kappa shape index (κ2) is 8.90. The summed E-state index contributed by atoms with van der Waals surface area (Å²) in [6, 6.07) is 5.55. The molecule has 5 nitrogen and oxygen atoms in total. The van der Waals surface area contributed by atoms with E-state index in [9.17, 15) is 14.7 Å². The van der Waals surface area contributed by atoms with Crippen LogP contribution in [0.3, 0.4) is 0 Å². The molecule has 1 aliphatic carbocycles. The SMILES string of the molecule is CCC[C@@H]1c2cc[nH]c2C=C[C@H]1C(=O)CC(=O)CCc1ccc(O)c2c1CCCO2. The molecule has 2 N–H and O–H groups in total. The Kier molecular flexibility index (Phi) is 6.07. The van der Waals surface area contributed by atoms with Gasteiger partial charge < -0.3 is 14.8 Å². The highest BCUT2D eigenvalue weighted by molar-refractivity contribution is 6.01. The highest BCUT2D eigenvalue weighted by Gasteiger charge is 2.32. The van der Waals surface area contributed by atoms with Crippen LogP contribution in [0.25, 0.3) is 6.08 Å². The van der Waals surface area contributed by atoms with Crippen molar-refractivity contribution in [1.29, 1.82) is 0 Å². The molecule has 0 saturated carbocycles. The number of ketones is 2. The molecule has 2 aliphatic rings. The van der Waals surface area contributed by atoms with Gasteiger partial charge in [0, 0.05) is 29.8 Å². The Morgan fingerprint density at radius 2 is 2.13 bits per heavy atom. The lowest BCUT2D eigenvalue weighted by Crippen LogP contribution is -2.25. The van der Waals surface area contributed by atoms with Gasteiger partial charge in [-0.05, 0) is 60.9 Å². The molecule has 2 aromatic rings. The van der Waals surface area contributed by atoms with E-state index in [-0.39, 0.29) is 35.6 Å². The molecule has 0 fully saturated rings. The molecule has 0 bridgehead atoms. The zero-order valence-electron chi connectivity index (χ0n) is 17.4. The number of rotatable bonds is 8. The maximum Gasteiger partial charge on any atom is 0.164 e. The predicted octanol–water partition coefficient (Wildman–Crippen LogP) is 4.73. The van der Waals surface area contributed by atoms with Gasteiger partial charge in [0.25, 0.3) is 0 Å². The quantitative estimate of drug-likeness (QED) is 0.620. The average molecular weight is 408 g/mol. The summed E-state index contributed by atoms with van der Waals surface area (Å²) in [4.78, 5) is 28.8. The summed E-state index contributed by atoms with van der Waals surface area (Å²) < 4.78 is 5.60. The van der Waals surface area contributed by atoms with E-state index in [4.69, 9.17) is 4.74 Å². The third-order valence-electron chi connectivity index (χ3n) is 6.29. The Morgan fingerprint density at radius 3 is 2.97 bits per heavy atom. The van der Waals surface area contributed by atoms with Crippen LogP contribution < -0.4 is 4.74 Å². The number of hydrogen-bond acceptors (Lipinski definition) is 4. The number of carbonyl (C=O) groups is 2. The molecule has 2 atom stereocenters. The van der Waals surface area contributed by atoms with E-state index in [0.29, 0.717) is 25.2 Å². The van der Waals surface area contributed by atoms with Crippen LogP contribution in [-0.2, 0) is 22.4 Å². The number of fused-ring (bicyclic) bond motifs is 2. The summed E-state index contributed by atoms with van der Waals surface area (Å²) in [5, 5.41) is 10.00. The summed E-state index contributed by atoms with van der Waals surface area (Å²) >= 11 is 0. The minimum Gasteiger partial charge on any atom is -0.504 e. The maximum atomic E-state index is 13.0. The van der Waals surface area contributed by atoms with Crippen LogP contribution in [0.1, 0.15) is 67.3 Å². The molecule has 30 heavy (non-hydrogen) atoms. The van der Waals surface area contributed by atoms with Crippen LogP contribution in [0.5, 0.6) is 11.5 Å². The number of ether oxygens (including phenoxy) is 1. The molecule has 0 saturated heterocycles. The Hall–Kier alpha value is -2.82.